The highest BCUT2D eigenvalue weighted by Crippen LogP contribution is 2.37. The average molecular weight is 368 g/mol. The second kappa shape index (κ2) is 10.0. The maximum absolute atomic E-state index is 12.3. The highest BCUT2D eigenvalue weighted by molar-refractivity contribution is 6.03. The van der Waals surface area contributed by atoms with Gasteiger partial charge in [-0.25, -0.2) is 0 Å². The summed E-state index contributed by atoms with van der Waals surface area (Å²) in [6.07, 6.45) is 3.18. The smallest absolute Gasteiger partial charge is 0.248 e. The van der Waals surface area contributed by atoms with Crippen LogP contribution in [0.3, 0.4) is 0 Å². The fraction of sp³-hybridized carbons (Fsp3) is 0.238. The molecule has 0 saturated carbocycles. The van der Waals surface area contributed by atoms with Gasteiger partial charge in [-0.05, 0) is 25.5 Å². The summed E-state index contributed by atoms with van der Waals surface area (Å²) in [7, 11) is 0. The number of nitrogens with one attached hydrogen (secondary N) is 2. The van der Waals surface area contributed by atoms with Gasteiger partial charge in [0.05, 0.1) is 24.6 Å². The second-order valence-corrected chi connectivity index (χ2v) is 5.63. The van der Waals surface area contributed by atoms with Crippen LogP contribution in [0.5, 0.6) is 11.5 Å². The van der Waals surface area contributed by atoms with Crippen LogP contribution in [0.1, 0.15) is 26.3 Å². The lowest BCUT2D eigenvalue weighted by atomic mass is 10.2. The lowest BCUT2D eigenvalue weighted by Crippen LogP contribution is -2.12. The molecule has 6 nitrogen and oxygen atoms in total. The molecule has 0 fully saturated rings. The van der Waals surface area contributed by atoms with E-state index in [-0.39, 0.29) is 11.8 Å². The molecule has 0 unspecified atom stereocenters. The number of carbonyl (C=O) groups excluding carboxylic acids is 2. The van der Waals surface area contributed by atoms with Gasteiger partial charge < -0.3 is 20.1 Å². The van der Waals surface area contributed by atoms with E-state index >= 15 is 0 Å². The quantitative estimate of drug-likeness (QED) is 0.688. The van der Waals surface area contributed by atoms with Crippen molar-refractivity contribution in [2.24, 2.45) is 0 Å². The van der Waals surface area contributed by atoms with Gasteiger partial charge >= 0.3 is 0 Å². The molecule has 2 rings (SSSR count). The van der Waals surface area contributed by atoms with Crippen LogP contribution in [-0.2, 0) is 9.59 Å². The van der Waals surface area contributed by atoms with Crippen molar-refractivity contribution in [3.63, 3.8) is 0 Å². The van der Waals surface area contributed by atoms with Crippen molar-refractivity contribution < 1.29 is 19.1 Å². The minimum absolute atomic E-state index is 0.221. The summed E-state index contributed by atoms with van der Waals surface area (Å²) in [5.41, 5.74) is 1.89. The maximum Gasteiger partial charge on any atom is 0.248 e. The molecule has 0 aromatic heterocycles. The fourth-order valence-corrected chi connectivity index (χ4v) is 2.41. The number of hydrogen-bond donors (Lipinski definition) is 2. The van der Waals surface area contributed by atoms with E-state index < -0.39 is 0 Å². The normalized spacial score (nSPS) is 10.5. The molecule has 0 aliphatic heterocycles. The molecule has 142 valence electrons. The predicted molar refractivity (Wildman–Crippen MR) is 107 cm³/mol. The van der Waals surface area contributed by atoms with Gasteiger partial charge in [0.1, 0.15) is 11.5 Å². The Kier molecular flexibility index (Phi) is 7.43. The van der Waals surface area contributed by atoms with Crippen LogP contribution in [0.2, 0.25) is 0 Å². The number of anilines is 2. The van der Waals surface area contributed by atoms with E-state index in [0.717, 1.165) is 5.56 Å². The highest BCUT2D eigenvalue weighted by atomic mass is 16.5. The van der Waals surface area contributed by atoms with Crippen molar-refractivity contribution >= 4 is 29.3 Å². The zero-order valence-electron chi connectivity index (χ0n) is 15.7. The van der Waals surface area contributed by atoms with Crippen LogP contribution in [0, 0.1) is 0 Å². The molecule has 0 saturated heterocycles. The van der Waals surface area contributed by atoms with Crippen molar-refractivity contribution in [2.45, 2.75) is 20.8 Å². The van der Waals surface area contributed by atoms with Gasteiger partial charge in [0.15, 0.2) is 0 Å². The van der Waals surface area contributed by atoms with Crippen LogP contribution < -0.4 is 20.1 Å². The number of ether oxygens (including phenoxy) is 2. The zero-order chi connectivity index (χ0) is 19.6. The third-order valence-electron chi connectivity index (χ3n) is 3.48. The first kappa shape index (κ1) is 20.0. The van der Waals surface area contributed by atoms with Crippen LogP contribution >= 0.6 is 0 Å². The van der Waals surface area contributed by atoms with E-state index in [2.05, 4.69) is 10.6 Å². The van der Waals surface area contributed by atoms with Gasteiger partial charge in [-0.2, -0.15) is 0 Å². The minimum Gasteiger partial charge on any atom is -0.492 e. The summed E-state index contributed by atoms with van der Waals surface area (Å²) in [5.74, 6) is 0.389. The van der Waals surface area contributed by atoms with Crippen LogP contribution in [0.4, 0.5) is 11.4 Å². The van der Waals surface area contributed by atoms with Crippen LogP contribution in [0.25, 0.3) is 6.08 Å². The zero-order valence-corrected chi connectivity index (χ0v) is 15.7. The molecule has 2 N–H and O–H groups in total. The number of carbonyl (C=O) groups is 2. The van der Waals surface area contributed by atoms with Crippen molar-refractivity contribution in [3.05, 3.63) is 54.1 Å². The Morgan fingerprint density at radius 3 is 2.00 bits per heavy atom. The molecule has 27 heavy (non-hydrogen) atoms. The number of amides is 2. The van der Waals surface area contributed by atoms with E-state index in [9.17, 15) is 9.59 Å². The Morgan fingerprint density at radius 1 is 0.926 bits per heavy atom. The molecule has 0 atom stereocenters. The lowest BCUT2D eigenvalue weighted by molar-refractivity contribution is -0.114. The van der Waals surface area contributed by atoms with E-state index in [1.807, 2.05) is 44.2 Å². The maximum atomic E-state index is 12.3. The van der Waals surface area contributed by atoms with E-state index in [1.54, 1.807) is 18.2 Å². The Morgan fingerprint density at radius 2 is 1.48 bits per heavy atom. The van der Waals surface area contributed by atoms with Crippen molar-refractivity contribution in [3.8, 4) is 11.5 Å². The number of benzene rings is 2. The molecule has 0 aliphatic carbocycles. The Hall–Kier alpha value is -3.28. The first-order valence-corrected chi connectivity index (χ1v) is 8.78. The largest absolute Gasteiger partial charge is 0.492 e. The van der Waals surface area contributed by atoms with Crippen LogP contribution in [-0.4, -0.2) is 25.0 Å². The third kappa shape index (κ3) is 6.18. The summed E-state index contributed by atoms with van der Waals surface area (Å²) in [4.78, 5) is 23.7. The standard InChI is InChI=1S/C21H24N2O4/c1-4-26-19-14-18(20(27-5-2)13-17(19)22-15(3)24)23-21(25)12-11-16-9-7-6-8-10-16/h6-14H,4-5H2,1-3H3,(H,22,24)(H,23,25)/b12-11-. The van der Waals surface area contributed by atoms with Crippen LogP contribution in [0.15, 0.2) is 48.5 Å². The summed E-state index contributed by atoms with van der Waals surface area (Å²) < 4.78 is 11.2. The van der Waals surface area contributed by atoms with E-state index in [0.29, 0.717) is 36.1 Å². The van der Waals surface area contributed by atoms with E-state index in [4.69, 9.17) is 9.47 Å². The Balaban J connectivity index is 2.27. The predicted octanol–water partition coefficient (Wildman–Crippen LogP) is 4.09. The van der Waals surface area contributed by atoms with Gasteiger partial charge in [-0.3, -0.25) is 9.59 Å². The van der Waals surface area contributed by atoms with Gasteiger partial charge in [0, 0.05) is 25.1 Å². The molecule has 0 spiro atoms. The molecule has 2 aromatic carbocycles. The Labute approximate surface area is 159 Å². The van der Waals surface area contributed by atoms with Gasteiger partial charge in [0.25, 0.3) is 0 Å². The number of rotatable bonds is 8. The van der Waals surface area contributed by atoms with Crippen molar-refractivity contribution in [2.75, 3.05) is 23.8 Å². The minimum atomic E-state index is -0.297. The summed E-state index contributed by atoms with van der Waals surface area (Å²) >= 11 is 0. The van der Waals surface area contributed by atoms with E-state index in [1.165, 1.54) is 13.0 Å². The molecule has 2 amide bonds. The first-order valence-electron chi connectivity index (χ1n) is 8.78. The molecular weight excluding hydrogens is 344 g/mol. The molecule has 0 aliphatic rings. The molecule has 0 bridgehead atoms. The topological polar surface area (TPSA) is 76.7 Å². The van der Waals surface area contributed by atoms with Gasteiger partial charge in [-0.1, -0.05) is 30.3 Å². The van der Waals surface area contributed by atoms with Crippen molar-refractivity contribution in [1.82, 2.24) is 0 Å². The third-order valence-corrected chi connectivity index (χ3v) is 3.48. The SMILES string of the molecule is CCOc1cc(NC(=O)/C=C\c2ccccc2)c(OCC)cc1NC(C)=O. The van der Waals surface area contributed by atoms with Gasteiger partial charge in [-0.15, -0.1) is 0 Å². The molecule has 2 aromatic rings. The Bertz CT molecular complexity index is 816. The molecule has 0 heterocycles. The first-order chi connectivity index (χ1) is 13.0. The van der Waals surface area contributed by atoms with Gasteiger partial charge in [0.2, 0.25) is 11.8 Å². The molecule has 0 radical (unpaired) electrons. The van der Waals surface area contributed by atoms with Crippen molar-refractivity contribution in [1.29, 1.82) is 0 Å². The second-order valence-electron chi connectivity index (χ2n) is 5.63. The average Bonchev–Trinajstić information content (AvgIpc) is 2.64. The molecular formula is C21H24N2O4. The highest BCUT2D eigenvalue weighted by Gasteiger charge is 2.14. The fourth-order valence-electron chi connectivity index (χ4n) is 2.41. The summed E-state index contributed by atoms with van der Waals surface area (Å²) in [5, 5.41) is 5.52. The number of hydrogen-bond acceptors (Lipinski definition) is 4. The lowest BCUT2D eigenvalue weighted by Gasteiger charge is -2.17. The summed E-state index contributed by atoms with van der Waals surface area (Å²) in [6, 6.07) is 12.8. The summed E-state index contributed by atoms with van der Waals surface area (Å²) in [6.45, 7) is 5.93. The molecule has 6 heteroatoms. The monoisotopic (exact) mass is 368 g/mol.